The Labute approximate surface area is 124 Å². The molecule has 1 saturated heterocycles. The summed E-state index contributed by atoms with van der Waals surface area (Å²) in [5.74, 6) is -1.16. The van der Waals surface area contributed by atoms with E-state index in [0.717, 1.165) is 5.56 Å². The van der Waals surface area contributed by atoms with E-state index in [4.69, 9.17) is 14.2 Å². The van der Waals surface area contributed by atoms with Gasteiger partial charge in [-0.3, -0.25) is 0 Å². The van der Waals surface area contributed by atoms with Crippen LogP contribution in [0, 0.1) is 5.92 Å². The fourth-order valence-corrected chi connectivity index (χ4v) is 3.17. The zero-order valence-corrected chi connectivity index (χ0v) is 12.0. The quantitative estimate of drug-likeness (QED) is 0.869. The van der Waals surface area contributed by atoms with Crippen LogP contribution >= 0.6 is 0 Å². The third kappa shape index (κ3) is 3.12. The van der Waals surface area contributed by atoms with Crippen LogP contribution in [0.3, 0.4) is 0 Å². The smallest absolute Gasteiger partial charge is 0.176 e. The maximum atomic E-state index is 10.3. The van der Waals surface area contributed by atoms with Gasteiger partial charge in [0.15, 0.2) is 5.79 Å². The highest BCUT2D eigenvalue weighted by Gasteiger charge is 2.52. The molecule has 3 atom stereocenters. The maximum absolute atomic E-state index is 10.3. The normalized spacial score (nSPS) is 31.6. The topological polar surface area (TPSA) is 68.2 Å². The molecule has 0 aromatic heterocycles. The third-order valence-corrected chi connectivity index (χ3v) is 4.35. The molecule has 0 radical (unpaired) electrons. The lowest BCUT2D eigenvalue weighted by molar-refractivity contribution is -0.264. The van der Waals surface area contributed by atoms with E-state index >= 15 is 0 Å². The Morgan fingerprint density at radius 2 is 1.86 bits per heavy atom. The molecule has 1 aliphatic carbocycles. The SMILES string of the molecule is O[C@@H]1[C@H](O)CCC2(OCCO2)[C@H]1COCc1ccccc1. The molecule has 1 spiro atoms. The van der Waals surface area contributed by atoms with Gasteiger partial charge in [0, 0.05) is 6.42 Å². The van der Waals surface area contributed by atoms with Crippen LogP contribution in [-0.4, -0.2) is 48.0 Å². The predicted octanol–water partition coefficient (Wildman–Crippen LogP) is 1.08. The summed E-state index contributed by atoms with van der Waals surface area (Å²) in [5, 5.41) is 20.2. The van der Waals surface area contributed by atoms with Gasteiger partial charge in [0.05, 0.1) is 44.6 Å². The summed E-state index contributed by atoms with van der Waals surface area (Å²) in [6, 6.07) is 9.86. The van der Waals surface area contributed by atoms with Gasteiger partial charge >= 0.3 is 0 Å². The van der Waals surface area contributed by atoms with Crippen LogP contribution < -0.4 is 0 Å². The Morgan fingerprint density at radius 3 is 2.57 bits per heavy atom. The molecule has 1 aliphatic heterocycles. The molecule has 0 unspecified atom stereocenters. The lowest BCUT2D eigenvalue weighted by Crippen LogP contribution is -2.55. The molecule has 1 aromatic rings. The minimum absolute atomic E-state index is 0.299. The van der Waals surface area contributed by atoms with Crippen molar-refractivity contribution in [3.05, 3.63) is 35.9 Å². The fraction of sp³-hybridized carbons (Fsp3) is 0.625. The Bertz CT molecular complexity index is 443. The molecule has 5 nitrogen and oxygen atoms in total. The molecule has 2 N–H and O–H groups in total. The van der Waals surface area contributed by atoms with Gasteiger partial charge in [-0.05, 0) is 12.0 Å². The minimum atomic E-state index is -0.882. The molecule has 2 fully saturated rings. The highest BCUT2D eigenvalue weighted by atomic mass is 16.7. The molecule has 1 heterocycles. The Kier molecular flexibility index (Phi) is 4.57. The van der Waals surface area contributed by atoms with Crippen LogP contribution in [-0.2, 0) is 20.8 Å². The van der Waals surface area contributed by atoms with E-state index in [0.29, 0.717) is 39.3 Å². The van der Waals surface area contributed by atoms with Crippen molar-refractivity contribution in [1.82, 2.24) is 0 Å². The van der Waals surface area contributed by atoms with Crippen molar-refractivity contribution in [3.63, 3.8) is 0 Å². The predicted molar refractivity (Wildman–Crippen MR) is 75.5 cm³/mol. The van der Waals surface area contributed by atoms with Crippen LogP contribution in [0.25, 0.3) is 0 Å². The molecule has 21 heavy (non-hydrogen) atoms. The van der Waals surface area contributed by atoms with Crippen molar-refractivity contribution in [3.8, 4) is 0 Å². The van der Waals surface area contributed by atoms with E-state index < -0.39 is 18.0 Å². The molecule has 0 bridgehead atoms. The van der Waals surface area contributed by atoms with E-state index in [1.807, 2.05) is 30.3 Å². The first kappa shape index (κ1) is 14.9. The van der Waals surface area contributed by atoms with Gasteiger partial charge in [-0.15, -0.1) is 0 Å². The van der Waals surface area contributed by atoms with Crippen molar-refractivity contribution < 1.29 is 24.4 Å². The number of rotatable bonds is 4. The van der Waals surface area contributed by atoms with Crippen LogP contribution in [0.1, 0.15) is 18.4 Å². The average Bonchev–Trinajstić information content (AvgIpc) is 2.98. The van der Waals surface area contributed by atoms with Crippen LogP contribution in [0.5, 0.6) is 0 Å². The second-order valence-electron chi connectivity index (χ2n) is 5.71. The molecular formula is C16H22O5. The number of aliphatic hydroxyl groups is 2. The van der Waals surface area contributed by atoms with E-state index in [-0.39, 0.29) is 5.92 Å². The van der Waals surface area contributed by atoms with Crippen molar-refractivity contribution in [1.29, 1.82) is 0 Å². The van der Waals surface area contributed by atoms with Crippen molar-refractivity contribution in [2.24, 2.45) is 5.92 Å². The Balaban J connectivity index is 1.62. The van der Waals surface area contributed by atoms with Crippen molar-refractivity contribution in [2.45, 2.75) is 37.4 Å². The number of ether oxygens (including phenoxy) is 3. The Hall–Kier alpha value is -0.980. The summed E-state index contributed by atoms with van der Waals surface area (Å²) in [5.41, 5.74) is 1.07. The minimum Gasteiger partial charge on any atom is -0.390 e. The summed E-state index contributed by atoms with van der Waals surface area (Å²) in [6.45, 7) is 1.82. The lowest BCUT2D eigenvalue weighted by atomic mass is 9.79. The van der Waals surface area contributed by atoms with Crippen LogP contribution in [0.15, 0.2) is 30.3 Å². The van der Waals surface area contributed by atoms with Crippen LogP contribution in [0.4, 0.5) is 0 Å². The molecule has 3 rings (SSSR count). The highest BCUT2D eigenvalue weighted by molar-refractivity contribution is 5.13. The number of hydrogen-bond acceptors (Lipinski definition) is 5. The summed E-state index contributed by atoms with van der Waals surface area (Å²) in [6.07, 6.45) is -0.553. The largest absolute Gasteiger partial charge is 0.390 e. The monoisotopic (exact) mass is 294 g/mol. The third-order valence-electron chi connectivity index (χ3n) is 4.35. The molecule has 1 aromatic carbocycles. The summed E-state index contributed by atoms with van der Waals surface area (Å²) in [7, 11) is 0. The lowest BCUT2D eigenvalue weighted by Gasteiger charge is -2.44. The van der Waals surface area contributed by atoms with E-state index in [1.165, 1.54) is 0 Å². The molecule has 5 heteroatoms. The Morgan fingerprint density at radius 1 is 1.14 bits per heavy atom. The zero-order valence-electron chi connectivity index (χ0n) is 12.0. The summed E-state index contributed by atoms with van der Waals surface area (Å²) in [4.78, 5) is 0. The van der Waals surface area contributed by atoms with Gasteiger partial charge in [-0.25, -0.2) is 0 Å². The van der Waals surface area contributed by atoms with Crippen molar-refractivity contribution >= 4 is 0 Å². The molecule has 116 valence electrons. The number of benzene rings is 1. The van der Waals surface area contributed by atoms with Gasteiger partial charge in [0.2, 0.25) is 0 Å². The van der Waals surface area contributed by atoms with E-state index in [2.05, 4.69) is 0 Å². The van der Waals surface area contributed by atoms with Crippen molar-refractivity contribution in [2.75, 3.05) is 19.8 Å². The zero-order chi connectivity index (χ0) is 14.7. The van der Waals surface area contributed by atoms with Gasteiger partial charge < -0.3 is 24.4 Å². The standard InChI is InChI=1S/C16H22O5/c17-14-6-7-16(20-8-9-21-16)13(15(14)18)11-19-10-12-4-2-1-3-5-12/h1-5,13-15,17-18H,6-11H2/t13-,14+,15-/m0/s1. The number of hydrogen-bond donors (Lipinski definition) is 2. The van der Waals surface area contributed by atoms with Gasteiger partial charge in [-0.2, -0.15) is 0 Å². The molecule has 2 aliphatic rings. The van der Waals surface area contributed by atoms with E-state index in [1.54, 1.807) is 0 Å². The van der Waals surface area contributed by atoms with Crippen LogP contribution in [0.2, 0.25) is 0 Å². The molecular weight excluding hydrogens is 272 g/mol. The first-order chi connectivity index (χ1) is 10.2. The molecule has 0 amide bonds. The highest BCUT2D eigenvalue weighted by Crippen LogP contribution is 2.41. The van der Waals surface area contributed by atoms with Gasteiger partial charge in [-0.1, -0.05) is 30.3 Å². The fourth-order valence-electron chi connectivity index (χ4n) is 3.17. The second kappa shape index (κ2) is 6.42. The first-order valence-electron chi connectivity index (χ1n) is 7.47. The first-order valence-corrected chi connectivity index (χ1v) is 7.47. The second-order valence-corrected chi connectivity index (χ2v) is 5.71. The maximum Gasteiger partial charge on any atom is 0.176 e. The van der Waals surface area contributed by atoms with E-state index in [9.17, 15) is 10.2 Å². The molecule has 1 saturated carbocycles. The summed E-state index contributed by atoms with van der Waals surface area (Å²) < 4.78 is 17.2. The van der Waals surface area contributed by atoms with Gasteiger partial charge in [0.1, 0.15) is 0 Å². The summed E-state index contributed by atoms with van der Waals surface area (Å²) >= 11 is 0. The van der Waals surface area contributed by atoms with Gasteiger partial charge in [0.25, 0.3) is 0 Å². The average molecular weight is 294 g/mol. The number of aliphatic hydroxyl groups excluding tert-OH is 2.